The van der Waals surface area contributed by atoms with E-state index in [0.717, 1.165) is 24.4 Å². The number of nitrogens with zero attached hydrogens (tertiary/aromatic N) is 2. The number of hydrogen-bond donors (Lipinski definition) is 1. The maximum Gasteiger partial charge on any atom is 0.142 e. The van der Waals surface area contributed by atoms with Gasteiger partial charge in [0.1, 0.15) is 11.4 Å². The van der Waals surface area contributed by atoms with Crippen LogP contribution in [0.25, 0.3) is 0 Å². The van der Waals surface area contributed by atoms with Crippen molar-refractivity contribution < 1.29 is 4.74 Å². The van der Waals surface area contributed by atoms with E-state index in [2.05, 4.69) is 50.1 Å². The standard InChI is InChI=1S/C15H27N3O/c1-7-10-17-14(15(2,3)18(4)5)13-12(19-6)9-8-11-16-13/h8-9,11,14,17H,7,10H2,1-6H3. The van der Waals surface area contributed by atoms with Gasteiger partial charge in [-0.1, -0.05) is 6.92 Å². The van der Waals surface area contributed by atoms with Crippen molar-refractivity contribution in [1.29, 1.82) is 0 Å². The summed E-state index contributed by atoms with van der Waals surface area (Å²) >= 11 is 0. The molecule has 0 aromatic carbocycles. The number of nitrogens with one attached hydrogen (secondary N) is 1. The quantitative estimate of drug-likeness (QED) is 0.822. The molecule has 0 bridgehead atoms. The Bertz CT molecular complexity index is 391. The molecule has 0 fully saturated rings. The molecule has 1 rings (SSSR count). The molecule has 108 valence electrons. The van der Waals surface area contributed by atoms with Gasteiger partial charge in [0.2, 0.25) is 0 Å². The highest BCUT2D eigenvalue weighted by atomic mass is 16.5. The molecular weight excluding hydrogens is 238 g/mol. The Morgan fingerprint density at radius 2 is 2.11 bits per heavy atom. The van der Waals surface area contributed by atoms with Crippen LogP contribution in [-0.4, -0.2) is 43.2 Å². The monoisotopic (exact) mass is 265 g/mol. The minimum atomic E-state index is -0.0587. The fourth-order valence-electron chi connectivity index (χ4n) is 2.02. The van der Waals surface area contributed by atoms with E-state index < -0.39 is 0 Å². The minimum absolute atomic E-state index is 0.0587. The van der Waals surface area contributed by atoms with E-state index in [9.17, 15) is 0 Å². The van der Waals surface area contributed by atoms with Crippen LogP contribution >= 0.6 is 0 Å². The van der Waals surface area contributed by atoms with Crippen LogP contribution in [0.2, 0.25) is 0 Å². The average molecular weight is 265 g/mol. The SMILES string of the molecule is CCCNC(c1ncccc1OC)C(C)(C)N(C)C. The lowest BCUT2D eigenvalue weighted by Gasteiger charge is -2.40. The van der Waals surface area contributed by atoms with Gasteiger partial charge in [0.05, 0.1) is 13.2 Å². The summed E-state index contributed by atoms with van der Waals surface area (Å²) in [7, 11) is 5.88. The Labute approximate surface area is 117 Å². The fraction of sp³-hybridized carbons (Fsp3) is 0.667. The molecule has 4 nitrogen and oxygen atoms in total. The van der Waals surface area contributed by atoms with Crippen LogP contribution in [0.15, 0.2) is 18.3 Å². The van der Waals surface area contributed by atoms with Gasteiger partial charge < -0.3 is 15.0 Å². The van der Waals surface area contributed by atoms with Gasteiger partial charge in [0, 0.05) is 11.7 Å². The first-order chi connectivity index (χ1) is 8.95. The van der Waals surface area contributed by atoms with Crippen molar-refractivity contribution in [2.45, 2.75) is 38.8 Å². The largest absolute Gasteiger partial charge is 0.495 e. The summed E-state index contributed by atoms with van der Waals surface area (Å²) < 4.78 is 5.46. The van der Waals surface area contributed by atoms with Gasteiger partial charge in [-0.05, 0) is 53.0 Å². The first-order valence-corrected chi connectivity index (χ1v) is 6.84. The van der Waals surface area contributed by atoms with E-state index in [4.69, 9.17) is 4.74 Å². The van der Waals surface area contributed by atoms with Gasteiger partial charge in [-0.15, -0.1) is 0 Å². The second-order valence-electron chi connectivity index (χ2n) is 5.53. The number of rotatable bonds is 7. The van der Waals surface area contributed by atoms with Crippen molar-refractivity contribution in [3.05, 3.63) is 24.0 Å². The molecule has 1 unspecified atom stereocenters. The first kappa shape index (κ1) is 15.9. The molecule has 19 heavy (non-hydrogen) atoms. The molecule has 1 aromatic heterocycles. The van der Waals surface area contributed by atoms with Gasteiger partial charge in [0.15, 0.2) is 0 Å². The number of ether oxygens (including phenoxy) is 1. The highest BCUT2D eigenvalue weighted by Gasteiger charge is 2.35. The third-order valence-electron chi connectivity index (χ3n) is 3.75. The smallest absolute Gasteiger partial charge is 0.142 e. The van der Waals surface area contributed by atoms with Crippen LogP contribution in [0, 0.1) is 0 Å². The Morgan fingerprint density at radius 1 is 1.42 bits per heavy atom. The van der Waals surface area contributed by atoms with Crippen LogP contribution in [0.1, 0.15) is 38.9 Å². The maximum absolute atomic E-state index is 5.46. The first-order valence-electron chi connectivity index (χ1n) is 6.84. The van der Waals surface area contributed by atoms with Crippen LogP contribution < -0.4 is 10.1 Å². The lowest BCUT2D eigenvalue weighted by molar-refractivity contribution is 0.134. The lowest BCUT2D eigenvalue weighted by atomic mass is 9.89. The predicted molar refractivity (Wildman–Crippen MR) is 79.6 cm³/mol. The third-order valence-corrected chi connectivity index (χ3v) is 3.75. The Morgan fingerprint density at radius 3 is 2.63 bits per heavy atom. The average Bonchev–Trinajstić information content (AvgIpc) is 2.39. The zero-order valence-corrected chi connectivity index (χ0v) is 13.0. The summed E-state index contributed by atoms with van der Waals surface area (Å²) in [6.07, 6.45) is 2.92. The van der Waals surface area contributed by atoms with E-state index in [1.165, 1.54) is 0 Å². The molecule has 1 heterocycles. The third kappa shape index (κ3) is 3.67. The Balaban J connectivity index is 3.16. The zero-order valence-electron chi connectivity index (χ0n) is 13.0. The lowest BCUT2D eigenvalue weighted by Crippen LogP contribution is -2.49. The zero-order chi connectivity index (χ0) is 14.5. The number of aromatic nitrogens is 1. The Hall–Kier alpha value is -1.13. The predicted octanol–water partition coefficient (Wildman–Crippen LogP) is 2.47. The summed E-state index contributed by atoms with van der Waals surface area (Å²) in [5.74, 6) is 0.839. The van der Waals surface area contributed by atoms with E-state index in [1.54, 1.807) is 7.11 Å². The van der Waals surface area contributed by atoms with Crippen LogP contribution in [-0.2, 0) is 0 Å². The van der Waals surface area contributed by atoms with E-state index in [1.807, 2.05) is 18.3 Å². The normalized spacial score (nSPS) is 13.6. The van der Waals surface area contributed by atoms with Crippen molar-refractivity contribution >= 4 is 0 Å². The summed E-state index contributed by atoms with van der Waals surface area (Å²) in [5.41, 5.74) is 0.911. The fourth-order valence-corrected chi connectivity index (χ4v) is 2.02. The molecule has 0 saturated heterocycles. The molecule has 0 aliphatic heterocycles. The number of hydrogen-bond acceptors (Lipinski definition) is 4. The van der Waals surface area contributed by atoms with Crippen molar-refractivity contribution in [3.8, 4) is 5.75 Å². The van der Waals surface area contributed by atoms with E-state index >= 15 is 0 Å². The highest BCUT2D eigenvalue weighted by Crippen LogP contribution is 2.33. The number of likely N-dealkylation sites (N-methyl/N-ethyl adjacent to an activating group) is 1. The van der Waals surface area contributed by atoms with Gasteiger partial charge in [-0.25, -0.2) is 0 Å². The highest BCUT2D eigenvalue weighted by molar-refractivity contribution is 5.31. The topological polar surface area (TPSA) is 37.4 Å². The number of pyridine rings is 1. The molecular formula is C15H27N3O. The summed E-state index contributed by atoms with van der Waals surface area (Å²) in [4.78, 5) is 6.75. The van der Waals surface area contributed by atoms with Crippen molar-refractivity contribution in [1.82, 2.24) is 15.2 Å². The van der Waals surface area contributed by atoms with Gasteiger partial charge in [-0.2, -0.15) is 0 Å². The van der Waals surface area contributed by atoms with E-state index in [0.29, 0.717) is 0 Å². The molecule has 0 amide bonds. The summed E-state index contributed by atoms with van der Waals surface area (Å²) in [6, 6.07) is 4.00. The second kappa shape index (κ2) is 6.87. The number of methoxy groups -OCH3 is 1. The molecule has 0 saturated carbocycles. The molecule has 1 aromatic rings. The maximum atomic E-state index is 5.46. The van der Waals surface area contributed by atoms with Crippen molar-refractivity contribution in [3.63, 3.8) is 0 Å². The van der Waals surface area contributed by atoms with Crippen LogP contribution in [0.5, 0.6) is 5.75 Å². The minimum Gasteiger partial charge on any atom is -0.495 e. The van der Waals surface area contributed by atoms with Crippen LogP contribution in [0.4, 0.5) is 0 Å². The molecule has 0 radical (unpaired) electrons. The molecule has 0 aliphatic carbocycles. The van der Waals surface area contributed by atoms with Gasteiger partial charge in [-0.3, -0.25) is 4.98 Å². The van der Waals surface area contributed by atoms with Gasteiger partial charge in [0.25, 0.3) is 0 Å². The molecule has 4 heteroatoms. The Kier molecular flexibility index (Phi) is 5.76. The van der Waals surface area contributed by atoms with Gasteiger partial charge >= 0.3 is 0 Å². The molecule has 1 N–H and O–H groups in total. The van der Waals surface area contributed by atoms with Crippen LogP contribution in [0.3, 0.4) is 0 Å². The summed E-state index contributed by atoms with van der Waals surface area (Å²) in [5, 5.41) is 3.60. The van der Waals surface area contributed by atoms with Crippen molar-refractivity contribution in [2.75, 3.05) is 27.7 Å². The molecule has 0 aliphatic rings. The molecule has 0 spiro atoms. The molecule has 1 atom stereocenters. The van der Waals surface area contributed by atoms with Crippen molar-refractivity contribution in [2.24, 2.45) is 0 Å². The van der Waals surface area contributed by atoms with E-state index in [-0.39, 0.29) is 11.6 Å². The summed E-state index contributed by atoms with van der Waals surface area (Å²) in [6.45, 7) is 7.56. The second-order valence-corrected chi connectivity index (χ2v) is 5.53.